The van der Waals surface area contributed by atoms with Crippen molar-refractivity contribution in [3.8, 4) is 11.5 Å². The van der Waals surface area contributed by atoms with Crippen molar-refractivity contribution in [2.75, 3.05) is 7.11 Å². The molecule has 0 aliphatic heterocycles. The highest BCUT2D eigenvalue weighted by molar-refractivity contribution is 5.43. The van der Waals surface area contributed by atoms with Gasteiger partial charge in [0.2, 0.25) is 0 Å². The van der Waals surface area contributed by atoms with Crippen molar-refractivity contribution in [2.45, 2.75) is 32.4 Å². The van der Waals surface area contributed by atoms with E-state index in [1.807, 2.05) is 18.2 Å². The Bertz CT molecular complexity index is 666. The molecule has 0 radical (unpaired) electrons. The smallest absolute Gasteiger partial charge is 0.122 e. The molecule has 110 valence electrons. The Morgan fingerprint density at radius 2 is 1.90 bits per heavy atom. The molecule has 0 amide bonds. The van der Waals surface area contributed by atoms with E-state index in [-0.39, 0.29) is 12.1 Å². The van der Waals surface area contributed by atoms with E-state index in [0.717, 1.165) is 29.0 Å². The maximum absolute atomic E-state index is 6.36. The molecule has 0 spiro atoms. The molecular formula is C18H21NO2. The molecule has 0 saturated heterocycles. The molecule has 2 unspecified atom stereocenters. The highest BCUT2D eigenvalue weighted by Gasteiger charge is 2.32. The number of nitrogens with two attached hydrogens (primary N) is 1. The summed E-state index contributed by atoms with van der Waals surface area (Å²) < 4.78 is 11.4. The number of hydrogen-bond acceptors (Lipinski definition) is 3. The van der Waals surface area contributed by atoms with Gasteiger partial charge in [-0.25, -0.2) is 0 Å². The second-order valence-corrected chi connectivity index (χ2v) is 5.72. The lowest BCUT2D eigenvalue weighted by Gasteiger charge is -2.20. The van der Waals surface area contributed by atoms with Gasteiger partial charge in [0.05, 0.1) is 13.2 Å². The third-order valence-electron chi connectivity index (χ3n) is 4.14. The van der Waals surface area contributed by atoms with Crippen molar-refractivity contribution in [3.05, 3.63) is 58.7 Å². The van der Waals surface area contributed by atoms with Gasteiger partial charge in [-0.05, 0) is 48.7 Å². The van der Waals surface area contributed by atoms with Crippen molar-refractivity contribution >= 4 is 0 Å². The summed E-state index contributed by atoms with van der Waals surface area (Å²) in [6, 6.07) is 12.2. The van der Waals surface area contributed by atoms with Crippen LogP contribution >= 0.6 is 0 Å². The number of rotatable bonds is 3. The molecule has 0 heterocycles. The first-order chi connectivity index (χ1) is 10.1. The van der Waals surface area contributed by atoms with Gasteiger partial charge in [-0.2, -0.15) is 0 Å². The maximum Gasteiger partial charge on any atom is 0.122 e. The Morgan fingerprint density at radius 1 is 1.10 bits per heavy atom. The van der Waals surface area contributed by atoms with Crippen LogP contribution in [0.3, 0.4) is 0 Å². The predicted octanol–water partition coefficient (Wildman–Crippen LogP) is 3.32. The normalized spacial score (nSPS) is 20.2. The SMILES string of the molecule is COc1ccc2c(c1)C(N)C(Oc1ccc(C)cc1C)C2. The van der Waals surface area contributed by atoms with E-state index in [2.05, 4.69) is 32.0 Å². The van der Waals surface area contributed by atoms with Crippen LogP contribution in [0.2, 0.25) is 0 Å². The third kappa shape index (κ3) is 2.61. The number of benzene rings is 2. The van der Waals surface area contributed by atoms with Crippen molar-refractivity contribution in [3.63, 3.8) is 0 Å². The Hall–Kier alpha value is -2.00. The highest BCUT2D eigenvalue weighted by Crippen LogP contribution is 2.35. The van der Waals surface area contributed by atoms with Gasteiger partial charge in [-0.3, -0.25) is 0 Å². The van der Waals surface area contributed by atoms with Gasteiger partial charge in [-0.15, -0.1) is 0 Å². The van der Waals surface area contributed by atoms with Gasteiger partial charge in [0.25, 0.3) is 0 Å². The fourth-order valence-corrected chi connectivity index (χ4v) is 2.95. The van der Waals surface area contributed by atoms with Crippen LogP contribution in [0.15, 0.2) is 36.4 Å². The van der Waals surface area contributed by atoms with Gasteiger partial charge in [0, 0.05) is 6.42 Å². The van der Waals surface area contributed by atoms with Crippen LogP contribution in [-0.4, -0.2) is 13.2 Å². The molecule has 3 nitrogen and oxygen atoms in total. The number of aryl methyl sites for hydroxylation is 2. The van der Waals surface area contributed by atoms with Crippen molar-refractivity contribution in [1.29, 1.82) is 0 Å². The first kappa shape index (κ1) is 14.0. The lowest BCUT2D eigenvalue weighted by molar-refractivity contribution is 0.184. The molecule has 3 rings (SSSR count). The molecule has 2 aromatic rings. The first-order valence-corrected chi connectivity index (χ1v) is 7.25. The zero-order chi connectivity index (χ0) is 15.0. The minimum absolute atomic E-state index is 0.0199. The van der Waals surface area contributed by atoms with Crippen molar-refractivity contribution < 1.29 is 9.47 Å². The number of ether oxygens (including phenoxy) is 2. The summed E-state index contributed by atoms with van der Waals surface area (Å²) in [6.07, 6.45) is 0.821. The second-order valence-electron chi connectivity index (χ2n) is 5.72. The van der Waals surface area contributed by atoms with Crippen molar-refractivity contribution in [1.82, 2.24) is 0 Å². The molecule has 3 heteroatoms. The second kappa shape index (κ2) is 5.41. The van der Waals surface area contributed by atoms with Crippen LogP contribution in [0.5, 0.6) is 11.5 Å². The Balaban J connectivity index is 1.82. The molecule has 21 heavy (non-hydrogen) atoms. The average Bonchev–Trinajstić information content (AvgIpc) is 2.78. The number of methoxy groups -OCH3 is 1. The van der Waals surface area contributed by atoms with Gasteiger partial charge >= 0.3 is 0 Å². The molecular weight excluding hydrogens is 262 g/mol. The standard InChI is InChI=1S/C18H21NO2/c1-11-4-7-16(12(2)8-11)21-17-9-13-5-6-14(20-3)10-15(13)18(17)19/h4-8,10,17-18H,9,19H2,1-3H3. The van der Waals surface area contributed by atoms with Crippen LogP contribution in [-0.2, 0) is 6.42 Å². The summed E-state index contributed by atoms with van der Waals surface area (Å²) in [6.45, 7) is 4.15. The lowest BCUT2D eigenvalue weighted by atomic mass is 10.1. The molecule has 2 atom stereocenters. The van der Waals surface area contributed by atoms with E-state index < -0.39 is 0 Å². The monoisotopic (exact) mass is 283 g/mol. The fourth-order valence-electron chi connectivity index (χ4n) is 2.95. The van der Waals surface area contributed by atoms with Gasteiger partial charge < -0.3 is 15.2 Å². The molecule has 0 aromatic heterocycles. The number of hydrogen-bond donors (Lipinski definition) is 1. The molecule has 0 bridgehead atoms. The van der Waals surface area contributed by atoms with Crippen LogP contribution < -0.4 is 15.2 Å². The zero-order valence-corrected chi connectivity index (χ0v) is 12.7. The quantitative estimate of drug-likeness (QED) is 0.940. The third-order valence-corrected chi connectivity index (χ3v) is 4.14. The summed E-state index contributed by atoms with van der Waals surface area (Å²) in [5.41, 5.74) is 11.1. The van der Waals surface area contributed by atoms with Crippen LogP contribution in [0.1, 0.15) is 28.3 Å². The largest absolute Gasteiger partial charge is 0.497 e. The Morgan fingerprint density at radius 3 is 2.62 bits per heavy atom. The number of fused-ring (bicyclic) bond motifs is 1. The summed E-state index contributed by atoms with van der Waals surface area (Å²) in [4.78, 5) is 0. The first-order valence-electron chi connectivity index (χ1n) is 7.25. The molecule has 0 fully saturated rings. The lowest BCUT2D eigenvalue weighted by Crippen LogP contribution is -2.28. The van der Waals surface area contributed by atoms with E-state index in [0.29, 0.717) is 0 Å². The van der Waals surface area contributed by atoms with Crippen LogP contribution in [0.25, 0.3) is 0 Å². The Kier molecular flexibility index (Phi) is 3.60. The van der Waals surface area contributed by atoms with E-state index in [4.69, 9.17) is 15.2 Å². The van der Waals surface area contributed by atoms with E-state index in [1.54, 1.807) is 7.11 Å². The molecule has 0 saturated carbocycles. The summed E-state index contributed by atoms with van der Waals surface area (Å²) in [7, 11) is 1.67. The molecule has 2 aromatic carbocycles. The Labute approximate surface area is 125 Å². The molecule has 2 N–H and O–H groups in total. The highest BCUT2D eigenvalue weighted by atomic mass is 16.5. The van der Waals surface area contributed by atoms with Crippen LogP contribution in [0.4, 0.5) is 0 Å². The minimum atomic E-state index is -0.115. The summed E-state index contributed by atoms with van der Waals surface area (Å²) >= 11 is 0. The topological polar surface area (TPSA) is 44.5 Å². The van der Waals surface area contributed by atoms with E-state index in [1.165, 1.54) is 11.1 Å². The summed E-state index contributed by atoms with van der Waals surface area (Å²) in [5, 5.41) is 0. The van der Waals surface area contributed by atoms with Crippen LogP contribution in [0, 0.1) is 13.8 Å². The summed E-state index contributed by atoms with van der Waals surface area (Å²) in [5.74, 6) is 1.76. The van der Waals surface area contributed by atoms with Gasteiger partial charge in [-0.1, -0.05) is 23.8 Å². The van der Waals surface area contributed by atoms with E-state index >= 15 is 0 Å². The van der Waals surface area contributed by atoms with E-state index in [9.17, 15) is 0 Å². The fraction of sp³-hybridized carbons (Fsp3) is 0.333. The van der Waals surface area contributed by atoms with Crippen molar-refractivity contribution in [2.24, 2.45) is 5.73 Å². The minimum Gasteiger partial charge on any atom is -0.497 e. The maximum atomic E-state index is 6.36. The zero-order valence-electron chi connectivity index (χ0n) is 12.7. The average molecular weight is 283 g/mol. The molecule has 1 aliphatic rings. The van der Waals surface area contributed by atoms with Gasteiger partial charge in [0.15, 0.2) is 0 Å². The molecule has 1 aliphatic carbocycles. The predicted molar refractivity (Wildman–Crippen MR) is 84.0 cm³/mol. The van der Waals surface area contributed by atoms with Gasteiger partial charge in [0.1, 0.15) is 17.6 Å².